The fraction of sp³-hybridized carbons (Fsp3) is 1.00. The van der Waals surface area contributed by atoms with Gasteiger partial charge in [-0.3, -0.25) is 0 Å². The molecule has 0 radical (unpaired) electrons. The van der Waals surface area contributed by atoms with Gasteiger partial charge in [-0.15, -0.1) is 0 Å². The Hall–Kier alpha value is -0.0800. The SMILES string of the molecule is CC(C)C[C@@H]1CCN(CC2CCN(C(C)C)CC2)C1. The Bertz CT molecular complexity index is 254. The average molecular weight is 266 g/mol. The van der Waals surface area contributed by atoms with Crippen LogP contribution in [0.2, 0.25) is 0 Å². The van der Waals surface area contributed by atoms with Crippen molar-refractivity contribution in [2.45, 2.75) is 59.4 Å². The Balaban J connectivity index is 1.66. The zero-order valence-corrected chi connectivity index (χ0v) is 13.6. The van der Waals surface area contributed by atoms with Crippen molar-refractivity contribution in [2.75, 3.05) is 32.7 Å². The summed E-state index contributed by atoms with van der Waals surface area (Å²) in [5, 5.41) is 0. The first-order valence-corrected chi connectivity index (χ1v) is 8.51. The van der Waals surface area contributed by atoms with Gasteiger partial charge in [-0.1, -0.05) is 13.8 Å². The molecule has 2 saturated heterocycles. The second kappa shape index (κ2) is 7.08. The molecule has 2 fully saturated rings. The minimum atomic E-state index is 0.739. The summed E-state index contributed by atoms with van der Waals surface area (Å²) in [6, 6.07) is 0.739. The number of hydrogen-bond donors (Lipinski definition) is 0. The lowest BCUT2D eigenvalue weighted by atomic mass is 9.95. The molecule has 0 amide bonds. The van der Waals surface area contributed by atoms with Crippen molar-refractivity contribution in [3.05, 3.63) is 0 Å². The Labute approximate surface area is 120 Å². The van der Waals surface area contributed by atoms with Crippen molar-refractivity contribution >= 4 is 0 Å². The maximum Gasteiger partial charge on any atom is 0.00385 e. The number of hydrogen-bond acceptors (Lipinski definition) is 2. The highest BCUT2D eigenvalue weighted by Crippen LogP contribution is 2.26. The van der Waals surface area contributed by atoms with Crippen molar-refractivity contribution in [3.63, 3.8) is 0 Å². The molecular weight excluding hydrogens is 232 g/mol. The van der Waals surface area contributed by atoms with E-state index in [0.717, 1.165) is 23.8 Å². The highest BCUT2D eigenvalue weighted by Gasteiger charge is 2.27. The van der Waals surface area contributed by atoms with Crippen molar-refractivity contribution < 1.29 is 0 Å². The molecule has 0 aromatic carbocycles. The maximum absolute atomic E-state index is 2.75. The second-order valence-corrected chi connectivity index (χ2v) is 7.62. The van der Waals surface area contributed by atoms with Gasteiger partial charge in [0, 0.05) is 19.1 Å². The molecule has 2 aliphatic heterocycles. The van der Waals surface area contributed by atoms with Crippen LogP contribution in [-0.2, 0) is 0 Å². The zero-order valence-electron chi connectivity index (χ0n) is 13.6. The third-order valence-electron chi connectivity index (χ3n) is 5.07. The summed E-state index contributed by atoms with van der Waals surface area (Å²) in [4.78, 5) is 5.39. The van der Waals surface area contributed by atoms with E-state index in [4.69, 9.17) is 0 Å². The van der Waals surface area contributed by atoms with Crippen LogP contribution in [0.1, 0.15) is 53.4 Å². The van der Waals surface area contributed by atoms with E-state index in [1.54, 1.807) is 0 Å². The molecule has 0 spiro atoms. The minimum Gasteiger partial charge on any atom is -0.303 e. The summed E-state index contributed by atoms with van der Waals surface area (Å²) in [5.41, 5.74) is 0. The fourth-order valence-electron chi connectivity index (χ4n) is 3.95. The van der Waals surface area contributed by atoms with Crippen molar-refractivity contribution in [2.24, 2.45) is 17.8 Å². The van der Waals surface area contributed by atoms with Crippen LogP contribution in [0.25, 0.3) is 0 Å². The topological polar surface area (TPSA) is 6.48 Å². The molecule has 0 N–H and O–H groups in total. The predicted molar refractivity (Wildman–Crippen MR) is 83.4 cm³/mol. The van der Waals surface area contributed by atoms with Crippen LogP contribution in [0.5, 0.6) is 0 Å². The molecule has 2 nitrogen and oxygen atoms in total. The quantitative estimate of drug-likeness (QED) is 0.752. The zero-order chi connectivity index (χ0) is 13.8. The van der Waals surface area contributed by atoms with Gasteiger partial charge in [0.1, 0.15) is 0 Å². The first-order chi connectivity index (χ1) is 9.04. The summed E-state index contributed by atoms with van der Waals surface area (Å²) in [6.45, 7) is 16.2. The van der Waals surface area contributed by atoms with E-state index in [-0.39, 0.29) is 0 Å². The standard InChI is InChI=1S/C17H34N2/c1-14(2)11-17-5-8-18(13-17)12-16-6-9-19(10-7-16)15(3)4/h14-17H,5-13H2,1-4H3/t17-/m0/s1. The van der Waals surface area contributed by atoms with Crippen molar-refractivity contribution in [1.82, 2.24) is 9.80 Å². The number of nitrogens with zero attached hydrogens (tertiary/aromatic N) is 2. The van der Waals surface area contributed by atoms with Gasteiger partial charge in [-0.25, -0.2) is 0 Å². The van der Waals surface area contributed by atoms with Gasteiger partial charge in [-0.2, -0.15) is 0 Å². The molecule has 0 aromatic rings. The Morgan fingerprint density at radius 1 is 0.895 bits per heavy atom. The summed E-state index contributed by atoms with van der Waals surface area (Å²) < 4.78 is 0. The summed E-state index contributed by atoms with van der Waals surface area (Å²) in [6.07, 6.45) is 5.72. The summed E-state index contributed by atoms with van der Waals surface area (Å²) in [7, 11) is 0. The van der Waals surface area contributed by atoms with Crippen molar-refractivity contribution in [1.29, 1.82) is 0 Å². The van der Waals surface area contributed by atoms with Crippen LogP contribution in [0.3, 0.4) is 0 Å². The maximum atomic E-state index is 2.75. The molecule has 0 saturated carbocycles. The number of rotatable bonds is 5. The van der Waals surface area contributed by atoms with Crippen LogP contribution in [0, 0.1) is 17.8 Å². The number of likely N-dealkylation sites (tertiary alicyclic amines) is 2. The average Bonchev–Trinajstić information content (AvgIpc) is 2.76. The monoisotopic (exact) mass is 266 g/mol. The van der Waals surface area contributed by atoms with E-state index in [1.807, 2.05) is 0 Å². The lowest BCUT2D eigenvalue weighted by Gasteiger charge is -2.36. The van der Waals surface area contributed by atoms with Gasteiger partial charge < -0.3 is 9.80 Å². The smallest absolute Gasteiger partial charge is 0.00385 e. The molecule has 2 rings (SSSR count). The van der Waals surface area contributed by atoms with E-state index in [0.29, 0.717) is 0 Å². The van der Waals surface area contributed by atoms with Gasteiger partial charge in [-0.05, 0) is 76.9 Å². The lowest BCUT2D eigenvalue weighted by Crippen LogP contribution is -2.41. The highest BCUT2D eigenvalue weighted by atomic mass is 15.2. The van der Waals surface area contributed by atoms with Crippen LogP contribution in [0.15, 0.2) is 0 Å². The van der Waals surface area contributed by atoms with Gasteiger partial charge in [0.05, 0.1) is 0 Å². The molecule has 2 aliphatic rings. The van der Waals surface area contributed by atoms with Crippen molar-refractivity contribution in [3.8, 4) is 0 Å². The van der Waals surface area contributed by atoms with E-state index in [2.05, 4.69) is 37.5 Å². The Morgan fingerprint density at radius 3 is 2.11 bits per heavy atom. The highest BCUT2D eigenvalue weighted by molar-refractivity contribution is 4.81. The molecule has 0 unspecified atom stereocenters. The molecule has 2 heterocycles. The molecule has 19 heavy (non-hydrogen) atoms. The molecule has 0 bridgehead atoms. The summed E-state index contributed by atoms with van der Waals surface area (Å²) >= 11 is 0. The molecule has 0 aromatic heterocycles. The van der Waals surface area contributed by atoms with E-state index >= 15 is 0 Å². The van der Waals surface area contributed by atoms with Gasteiger partial charge in [0.15, 0.2) is 0 Å². The first-order valence-electron chi connectivity index (χ1n) is 8.51. The van der Waals surface area contributed by atoms with Gasteiger partial charge >= 0.3 is 0 Å². The van der Waals surface area contributed by atoms with Gasteiger partial charge in [0.2, 0.25) is 0 Å². The predicted octanol–water partition coefficient (Wildman–Crippen LogP) is 3.47. The molecule has 2 heteroatoms. The van der Waals surface area contributed by atoms with Crippen LogP contribution >= 0.6 is 0 Å². The molecule has 0 aliphatic carbocycles. The lowest BCUT2D eigenvalue weighted by molar-refractivity contribution is 0.127. The molecular formula is C17H34N2. The number of piperidine rings is 1. The van der Waals surface area contributed by atoms with E-state index in [9.17, 15) is 0 Å². The van der Waals surface area contributed by atoms with E-state index in [1.165, 1.54) is 58.4 Å². The third kappa shape index (κ3) is 4.75. The molecule has 112 valence electrons. The molecule has 1 atom stereocenters. The third-order valence-corrected chi connectivity index (χ3v) is 5.07. The minimum absolute atomic E-state index is 0.739. The first kappa shape index (κ1) is 15.3. The van der Waals surface area contributed by atoms with E-state index < -0.39 is 0 Å². The largest absolute Gasteiger partial charge is 0.303 e. The Kier molecular flexibility index (Phi) is 5.70. The Morgan fingerprint density at radius 2 is 1.53 bits per heavy atom. The van der Waals surface area contributed by atoms with Crippen LogP contribution in [-0.4, -0.2) is 48.6 Å². The fourth-order valence-corrected chi connectivity index (χ4v) is 3.95. The normalized spacial score (nSPS) is 27.8. The van der Waals surface area contributed by atoms with Gasteiger partial charge in [0.25, 0.3) is 0 Å². The van der Waals surface area contributed by atoms with Crippen LogP contribution < -0.4 is 0 Å². The summed E-state index contributed by atoms with van der Waals surface area (Å²) in [5.74, 6) is 2.82. The second-order valence-electron chi connectivity index (χ2n) is 7.62. The van der Waals surface area contributed by atoms with Crippen LogP contribution in [0.4, 0.5) is 0 Å².